The molecule has 2 atom stereocenters. The van der Waals surface area contributed by atoms with Gasteiger partial charge in [0, 0.05) is 5.92 Å². The molecule has 0 saturated carbocycles. The second-order valence-corrected chi connectivity index (χ2v) is 6.22. The van der Waals surface area contributed by atoms with Gasteiger partial charge in [0.1, 0.15) is 0 Å². The first kappa shape index (κ1) is 12.9. The average molecular weight is 272 g/mol. The van der Waals surface area contributed by atoms with Gasteiger partial charge in [0.2, 0.25) is 0 Å². The van der Waals surface area contributed by atoms with E-state index in [2.05, 4.69) is 41.1 Å². The molecule has 0 spiro atoms. The van der Waals surface area contributed by atoms with Crippen LogP contribution in [-0.4, -0.2) is 11.2 Å². The number of aliphatic hydroxyl groups is 1. The zero-order valence-corrected chi connectivity index (χ0v) is 11.9. The van der Waals surface area contributed by atoms with Gasteiger partial charge >= 0.3 is 0 Å². The summed E-state index contributed by atoms with van der Waals surface area (Å²) in [6, 6.07) is 10.8. The summed E-state index contributed by atoms with van der Waals surface area (Å²) in [6.45, 7) is 0. The first-order valence-corrected chi connectivity index (χ1v) is 8.06. The van der Waals surface area contributed by atoms with Crippen molar-refractivity contribution in [2.75, 3.05) is 0 Å². The lowest BCUT2D eigenvalue weighted by Crippen LogP contribution is -2.23. The van der Waals surface area contributed by atoms with Crippen molar-refractivity contribution in [3.8, 4) is 0 Å². The van der Waals surface area contributed by atoms with Gasteiger partial charge in [-0.25, -0.2) is 0 Å². The highest BCUT2D eigenvalue weighted by molar-refractivity contribution is 7.07. The molecule has 1 aromatic carbocycles. The van der Waals surface area contributed by atoms with Crippen molar-refractivity contribution in [2.24, 2.45) is 0 Å². The van der Waals surface area contributed by atoms with Gasteiger partial charge in [0.15, 0.2) is 0 Å². The van der Waals surface area contributed by atoms with Crippen LogP contribution in [0.3, 0.4) is 0 Å². The van der Waals surface area contributed by atoms with Crippen molar-refractivity contribution in [1.29, 1.82) is 0 Å². The monoisotopic (exact) mass is 272 g/mol. The molecule has 1 aliphatic rings. The summed E-state index contributed by atoms with van der Waals surface area (Å²) in [4.78, 5) is 0. The Bertz CT molecular complexity index is 518. The molecule has 2 heteroatoms. The second-order valence-electron chi connectivity index (χ2n) is 5.44. The van der Waals surface area contributed by atoms with Crippen molar-refractivity contribution in [3.05, 3.63) is 57.8 Å². The fraction of sp³-hybridized carbons (Fsp3) is 0.412. The van der Waals surface area contributed by atoms with Crippen molar-refractivity contribution in [2.45, 2.75) is 44.1 Å². The summed E-state index contributed by atoms with van der Waals surface area (Å²) >= 11 is 1.73. The van der Waals surface area contributed by atoms with Crippen molar-refractivity contribution >= 4 is 11.3 Å². The Morgan fingerprint density at radius 3 is 3.00 bits per heavy atom. The molecule has 3 rings (SSSR count). The minimum absolute atomic E-state index is 0.207. The number of benzene rings is 1. The molecular weight excluding hydrogens is 252 g/mol. The molecule has 1 aliphatic carbocycles. The first-order chi connectivity index (χ1) is 9.34. The minimum Gasteiger partial charge on any atom is -0.392 e. The van der Waals surface area contributed by atoms with E-state index in [0.29, 0.717) is 5.92 Å². The smallest absolute Gasteiger partial charge is 0.0612 e. The Balaban J connectivity index is 1.69. The highest BCUT2D eigenvalue weighted by Crippen LogP contribution is 2.35. The zero-order chi connectivity index (χ0) is 13.1. The molecule has 0 amide bonds. The third kappa shape index (κ3) is 2.90. The van der Waals surface area contributed by atoms with Crippen LogP contribution in [0.5, 0.6) is 0 Å². The highest BCUT2D eigenvalue weighted by Gasteiger charge is 2.25. The van der Waals surface area contributed by atoms with Gasteiger partial charge in [-0.2, -0.15) is 11.3 Å². The molecule has 1 N–H and O–H groups in total. The number of hydrogen-bond donors (Lipinski definition) is 1. The molecule has 0 bridgehead atoms. The molecule has 1 heterocycles. The van der Waals surface area contributed by atoms with Crippen LogP contribution in [0.4, 0.5) is 0 Å². The highest BCUT2D eigenvalue weighted by atomic mass is 32.1. The van der Waals surface area contributed by atoms with Crippen LogP contribution < -0.4 is 0 Å². The van der Waals surface area contributed by atoms with E-state index in [4.69, 9.17) is 0 Å². The molecular formula is C17H20OS. The maximum Gasteiger partial charge on any atom is 0.0612 e. The first-order valence-electron chi connectivity index (χ1n) is 7.11. The van der Waals surface area contributed by atoms with Crippen molar-refractivity contribution in [3.63, 3.8) is 0 Å². The molecule has 1 aromatic heterocycles. The van der Waals surface area contributed by atoms with E-state index in [1.807, 2.05) is 0 Å². The Hall–Kier alpha value is -1.12. The van der Waals surface area contributed by atoms with E-state index >= 15 is 0 Å². The van der Waals surface area contributed by atoms with Crippen LogP contribution in [0.2, 0.25) is 0 Å². The van der Waals surface area contributed by atoms with E-state index in [0.717, 1.165) is 19.3 Å². The van der Waals surface area contributed by atoms with Crippen LogP contribution in [0, 0.1) is 0 Å². The van der Waals surface area contributed by atoms with Gasteiger partial charge in [-0.3, -0.25) is 0 Å². The summed E-state index contributed by atoms with van der Waals surface area (Å²) in [6.07, 6.45) is 5.16. The molecule has 0 aliphatic heterocycles. The van der Waals surface area contributed by atoms with E-state index in [1.54, 1.807) is 11.3 Å². The summed E-state index contributed by atoms with van der Waals surface area (Å²) < 4.78 is 0. The Kier molecular flexibility index (Phi) is 4.00. The van der Waals surface area contributed by atoms with Crippen LogP contribution in [-0.2, 0) is 12.8 Å². The minimum atomic E-state index is -0.207. The average Bonchev–Trinajstić information content (AvgIpc) is 2.97. The summed E-state index contributed by atoms with van der Waals surface area (Å²) in [5.74, 6) is 0.337. The number of hydrogen-bond acceptors (Lipinski definition) is 2. The molecule has 0 radical (unpaired) electrons. The lowest BCUT2D eigenvalue weighted by atomic mass is 9.78. The third-order valence-electron chi connectivity index (χ3n) is 4.19. The van der Waals surface area contributed by atoms with Crippen molar-refractivity contribution < 1.29 is 5.11 Å². The van der Waals surface area contributed by atoms with Gasteiger partial charge in [-0.1, -0.05) is 24.3 Å². The van der Waals surface area contributed by atoms with E-state index in [1.165, 1.54) is 29.5 Å². The Labute approximate surface area is 118 Å². The Morgan fingerprint density at radius 2 is 2.16 bits per heavy atom. The van der Waals surface area contributed by atoms with E-state index < -0.39 is 0 Å². The largest absolute Gasteiger partial charge is 0.392 e. The fourth-order valence-corrected chi connectivity index (χ4v) is 3.84. The summed E-state index contributed by atoms with van der Waals surface area (Å²) in [7, 11) is 0. The molecule has 100 valence electrons. The quantitative estimate of drug-likeness (QED) is 0.886. The normalized spacial score (nSPS) is 19.9. The molecule has 2 unspecified atom stereocenters. The van der Waals surface area contributed by atoms with Gasteiger partial charge in [-0.05, 0) is 65.6 Å². The van der Waals surface area contributed by atoms with Gasteiger partial charge in [-0.15, -0.1) is 0 Å². The fourth-order valence-electron chi connectivity index (χ4n) is 3.14. The van der Waals surface area contributed by atoms with Gasteiger partial charge < -0.3 is 5.11 Å². The zero-order valence-electron chi connectivity index (χ0n) is 11.1. The number of aliphatic hydroxyl groups excluding tert-OH is 1. The SMILES string of the molecule is OC(CCc1ccsc1)C1CCCc2ccccc21. The number of aryl methyl sites for hydroxylation is 2. The standard InChI is InChI=1S/C17H20OS/c18-17(9-8-13-10-11-19-12-13)16-7-3-5-14-4-1-2-6-15(14)16/h1-2,4,6,10-12,16-18H,3,5,7-9H2. The van der Waals surface area contributed by atoms with Crippen molar-refractivity contribution in [1.82, 2.24) is 0 Å². The molecule has 1 nitrogen and oxygen atoms in total. The second kappa shape index (κ2) is 5.89. The number of fused-ring (bicyclic) bond motifs is 1. The molecule has 19 heavy (non-hydrogen) atoms. The van der Waals surface area contributed by atoms with E-state index in [-0.39, 0.29) is 6.10 Å². The molecule has 0 saturated heterocycles. The topological polar surface area (TPSA) is 20.2 Å². The van der Waals surface area contributed by atoms with Crippen LogP contribution in [0.1, 0.15) is 41.9 Å². The Morgan fingerprint density at radius 1 is 1.26 bits per heavy atom. The van der Waals surface area contributed by atoms with Crippen LogP contribution in [0.25, 0.3) is 0 Å². The lowest BCUT2D eigenvalue weighted by molar-refractivity contribution is 0.125. The number of thiophene rings is 1. The maximum absolute atomic E-state index is 10.5. The number of rotatable bonds is 4. The van der Waals surface area contributed by atoms with Crippen LogP contribution in [0.15, 0.2) is 41.1 Å². The predicted molar refractivity (Wildman–Crippen MR) is 80.8 cm³/mol. The van der Waals surface area contributed by atoms with Gasteiger partial charge in [0.25, 0.3) is 0 Å². The summed E-state index contributed by atoms with van der Waals surface area (Å²) in [5.41, 5.74) is 4.17. The predicted octanol–water partition coefficient (Wildman–Crippen LogP) is 4.16. The van der Waals surface area contributed by atoms with Crippen LogP contribution >= 0.6 is 11.3 Å². The van der Waals surface area contributed by atoms with Gasteiger partial charge in [0.05, 0.1) is 6.10 Å². The lowest BCUT2D eigenvalue weighted by Gasteiger charge is -2.29. The third-order valence-corrected chi connectivity index (χ3v) is 4.92. The summed E-state index contributed by atoms with van der Waals surface area (Å²) in [5, 5.41) is 14.8. The molecule has 0 fully saturated rings. The van der Waals surface area contributed by atoms with E-state index in [9.17, 15) is 5.11 Å². The molecule has 2 aromatic rings. The maximum atomic E-state index is 10.5.